The van der Waals surface area contributed by atoms with Crippen molar-refractivity contribution in [1.29, 1.82) is 0 Å². The summed E-state index contributed by atoms with van der Waals surface area (Å²) in [6.45, 7) is 11.6. The van der Waals surface area contributed by atoms with E-state index in [0.29, 0.717) is 19.1 Å². The fourth-order valence-corrected chi connectivity index (χ4v) is 2.09. The molecule has 0 aliphatic carbocycles. The summed E-state index contributed by atoms with van der Waals surface area (Å²) in [5, 5.41) is 5.84. The smallest absolute Gasteiger partial charge is 0.319 e. The minimum atomic E-state index is -0.157. The molecule has 2 N–H and O–H groups in total. The molecular weight excluding hydrogens is 264 g/mol. The van der Waals surface area contributed by atoms with E-state index in [1.165, 1.54) is 0 Å². The Labute approximate surface area is 128 Å². The van der Waals surface area contributed by atoms with E-state index in [9.17, 15) is 4.79 Å². The largest absolute Gasteiger partial charge is 0.379 e. The number of rotatable bonds is 7. The van der Waals surface area contributed by atoms with Gasteiger partial charge in [-0.2, -0.15) is 0 Å². The van der Waals surface area contributed by atoms with E-state index in [1.807, 2.05) is 32.9 Å². The van der Waals surface area contributed by atoms with Gasteiger partial charge in [0.15, 0.2) is 0 Å². The SMILES string of the molecule is Cc1cccc(C(C)C)c1NC(=O)NCCCOC(C)C. The average Bonchev–Trinajstić information content (AvgIpc) is 2.40. The van der Waals surface area contributed by atoms with Crippen molar-refractivity contribution >= 4 is 11.7 Å². The number of para-hydroxylation sites is 1. The molecule has 4 heteroatoms. The summed E-state index contributed by atoms with van der Waals surface area (Å²) in [5.74, 6) is 0.375. The van der Waals surface area contributed by atoms with Crippen LogP contribution in [0.25, 0.3) is 0 Å². The van der Waals surface area contributed by atoms with Gasteiger partial charge in [0.25, 0.3) is 0 Å². The number of ether oxygens (including phenoxy) is 1. The van der Waals surface area contributed by atoms with Crippen LogP contribution in [0.3, 0.4) is 0 Å². The van der Waals surface area contributed by atoms with Gasteiger partial charge in [0.1, 0.15) is 0 Å². The highest BCUT2D eigenvalue weighted by Gasteiger charge is 2.11. The number of nitrogens with one attached hydrogen (secondary N) is 2. The Hall–Kier alpha value is -1.55. The van der Waals surface area contributed by atoms with Gasteiger partial charge in [-0.15, -0.1) is 0 Å². The van der Waals surface area contributed by atoms with Crippen LogP contribution in [-0.2, 0) is 4.74 Å². The van der Waals surface area contributed by atoms with Gasteiger partial charge < -0.3 is 15.4 Å². The van der Waals surface area contributed by atoms with E-state index in [-0.39, 0.29) is 12.1 Å². The highest BCUT2D eigenvalue weighted by atomic mass is 16.5. The standard InChI is InChI=1S/C17H28N2O2/c1-12(2)15-9-6-8-14(5)16(15)19-17(20)18-10-7-11-21-13(3)4/h6,8-9,12-13H,7,10-11H2,1-5H3,(H2,18,19,20). The summed E-state index contributed by atoms with van der Waals surface area (Å²) < 4.78 is 5.44. The van der Waals surface area contributed by atoms with Crippen LogP contribution in [0, 0.1) is 6.92 Å². The van der Waals surface area contributed by atoms with Gasteiger partial charge in [-0.1, -0.05) is 32.0 Å². The molecule has 1 aromatic carbocycles. The van der Waals surface area contributed by atoms with Crippen molar-refractivity contribution in [3.05, 3.63) is 29.3 Å². The van der Waals surface area contributed by atoms with Crippen LogP contribution in [0.2, 0.25) is 0 Å². The zero-order valence-electron chi connectivity index (χ0n) is 13.8. The monoisotopic (exact) mass is 292 g/mol. The molecule has 4 nitrogen and oxygen atoms in total. The first-order chi connectivity index (χ1) is 9.91. The number of amides is 2. The summed E-state index contributed by atoms with van der Waals surface area (Å²) in [5.41, 5.74) is 3.16. The van der Waals surface area contributed by atoms with Gasteiger partial charge >= 0.3 is 6.03 Å². The van der Waals surface area contributed by atoms with Crippen LogP contribution in [0.5, 0.6) is 0 Å². The lowest BCUT2D eigenvalue weighted by Gasteiger charge is -2.17. The molecular formula is C17H28N2O2. The molecule has 0 aromatic heterocycles. The highest BCUT2D eigenvalue weighted by Crippen LogP contribution is 2.27. The third-order valence-corrected chi connectivity index (χ3v) is 3.22. The van der Waals surface area contributed by atoms with Crippen LogP contribution >= 0.6 is 0 Å². The van der Waals surface area contributed by atoms with E-state index in [4.69, 9.17) is 4.74 Å². The number of hydrogen-bond donors (Lipinski definition) is 2. The summed E-state index contributed by atoms with van der Waals surface area (Å²) in [7, 11) is 0. The number of urea groups is 1. The summed E-state index contributed by atoms with van der Waals surface area (Å²) in [6, 6.07) is 5.94. The number of carbonyl (C=O) groups is 1. The van der Waals surface area contributed by atoms with E-state index >= 15 is 0 Å². The number of anilines is 1. The Morgan fingerprint density at radius 1 is 1.24 bits per heavy atom. The predicted molar refractivity (Wildman–Crippen MR) is 88.0 cm³/mol. The maximum Gasteiger partial charge on any atom is 0.319 e. The molecule has 0 aliphatic heterocycles. The van der Waals surface area contributed by atoms with Crippen molar-refractivity contribution in [1.82, 2.24) is 5.32 Å². The molecule has 118 valence electrons. The van der Waals surface area contributed by atoms with Crippen molar-refractivity contribution < 1.29 is 9.53 Å². The quantitative estimate of drug-likeness (QED) is 0.745. The van der Waals surface area contributed by atoms with Gasteiger partial charge in [0.2, 0.25) is 0 Å². The highest BCUT2D eigenvalue weighted by molar-refractivity contribution is 5.91. The number of aryl methyl sites for hydroxylation is 1. The maximum atomic E-state index is 12.0. The molecule has 0 radical (unpaired) electrons. The molecule has 1 rings (SSSR count). The van der Waals surface area contributed by atoms with Crippen LogP contribution in [-0.4, -0.2) is 25.3 Å². The van der Waals surface area contributed by atoms with E-state index in [1.54, 1.807) is 0 Å². The van der Waals surface area contributed by atoms with Crippen molar-refractivity contribution in [3.8, 4) is 0 Å². The van der Waals surface area contributed by atoms with Crippen LogP contribution < -0.4 is 10.6 Å². The minimum Gasteiger partial charge on any atom is -0.379 e. The summed E-state index contributed by atoms with van der Waals surface area (Å²) in [4.78, 5) is 12.0. The lowest BCUT2D eigenvalue weighted by Crippen LogP contribution is -2.31. The second kappa shape index (κ2) is 8.67. The van der Waals surface area contributed by atoms with Gasteiger partial charge in [-0.25, -0.2) is 4.79 Å². The lowest BCUT2D eigenvalue weighted by molar-refractivity contribution is 0.0775. The third-order valence-electron chi connectivity index (χ3n) is 3.22. The van der Waals surface area contributed by atoms with Gasteiger partial charge in [-0.3, -0.25) is 0 Å². The van der Waals surface area contributed by atoms with Crippen molar-refractivity contribution in [2.75, 3.05) is 18.5 Å². The van der Waals surface area contributed by atoms with Crippen molar-refractivity contribution in [3.63, 3.8) is 0 Å². The molecule has 2 amide bonds. The zero-order valence-corrected chi connectivity index (χ0v) is 13.8. The minimum absolute atomic E-state index is 0.157. The molecule has 0 fully saturated rings. The van der Waals surface area contributed by atoms with Crippen LogP contribution in [0.15, 0.2) is 18.2 Å². The van der Waals surface area contributed by atoms with Crippen molar-refractivity contribution in [2.24, 2.45) is 0 Å². The van der Waals surface area contributed by atoms with Crippen molar-refractivity contribution in [2.45, 2.75) is 53.1 Å². The normalized spacial score (nSPS) is 11.0. The zero-order chi connectivity index (χ0) is 15.8. The first-order valence-corrected chi connectivity index (χ1v) is 7.67. The predicted octanol–water partition coefficient (Wildman–Crippen LogP) is 4.06. The first kappa shape index (κ1) is 17.5. The first-order valence-electron chi connectivity index (χ1n) is 7.67. The Kier molecular flexibility index (Phi) is 7.23. The molecule has 0 bridgehead atoms. The molecule has 0 saturated heterocycles. The Balaban J connectivity index is 2.48. The van der Waals surface area contributed by atoms with Gasteiger partial charge in [0, 0.05) is 18.8 Å². The second-order valence-electron chi connectivity index (χ2n) is 5.85. The fourth-order valence-electron chi connectivity index (χ4n) is 2.09. The molecule has 21 heavy (non-hydrogen) atoms. The molecule has 0 saturated carbocycles. The number of benzene rings is 1. The summed E-state index contributed by atoms with van der Waals surface area (Å²) in [6.07, 6.45) is 1.05. The Morgan fingerprint density at radius 3 is 2.57 bits per heavy atom. The van der Waals surface area contributed by atoms with Gasteiger partial charge in [-0.05, 0) is 44.2 Å². The molecule has 0 atom stereocenters. The second-order valence-corrected chi connectivity index (χ2v) is 5.85. The van der Waals surface area contributed by atoms with Crippen LogP contribution in [0.1, 0.15) is 51.2 Å². The molecule has 0 heterocycles. The van der Waals surface area contributed by atoms with E-state index < -0.39 is 0 Å². The van der Waals surface area contributed by atoms with E-state index in [0.717, 1.165) is 23.2 Å². The van der Waals surface area contributed by atoms with Gasteiger partial charge in [0.05, 0.1) is 6.10 Å². The average molecular weight is 292 g/mol. The topological polar surface area (TPSA) is 50.4 Å². The molecule has 0 aliphatic rings. The number of carbonyl (C=O) groups excluding carboxylic acids is 1. The Bertz CT molecular complexity index is 456. The maximum absolute atomic E-state index is 12.0. The fraction of sp³-hybridized carbons (Fsp3) is 0.588. The lowest BCUT2D eigenvalue weighted by atomic mass is 9.98. The molecule has 0 spiro atoms. The summed E-state index contributed by atoms with van der Waals surface area (Å²) >= 11 is 0. The molecule has 1 aromatic rings. The van der Waals surface area contributed by atoms with Crippen LogP contribution in [0.4, 0.5) is 10.5 Å². The van der Waals surface area contributed by atoms with E-state index in [2.05, 4.69) is 30.5 Å². The third kappa shape index (κ3) is 6.17. The molecule has 0 unspecified atom stereocenters. The number of hydrogen-bond acceptors (Lipinski definition) is 2. The Morgan fingerprint density at radius 2 is 1.95 bits per heavy atom.